The van der Waals surface area contributed by atoms with Crippen molar-refractivity contribution in [3.8, 4) is 0 Å². The molecule has 13 heteroatoms. The van der Waals surface area contributed by atoms with E-state index in [4.69, 9.17) is 15.3 Å². The minimum Gasteiger partial charge on any atom is -0.790 e. The molecule has 0 fully saturated rings. The van der Waals surface area contributed by atoms with Gasteiger partial charge in [0.2, 0.25) is 0 Å². The van der Waals surface area contributed by atoms with Crippen LogP contribution in [-0.4, -0.2) is 57.5 Å². The fourth-order valence-corrected chi connectivity index (χ4v) is 0.910. The quantitative estimate of drug-likeness (QED) is 0.242. The SMILES string of the molecule is O.O.O=C[C@H](O)[C@H](O)[C@H](O)COP(=O)([O-])[O-].[Na+].[Na+]. The van der Waals surface area contributed by atoms with Crippen molar-refractivity contribution in [2.24, 2.45) is 0 Å². The molecule has 0 amide bonds. The number of phosphoric acid groups is 1. The maximum Gasteiger partial charge on any atom is 1.00 e. The Morgan fingerprint density at radius 2 is 1.56 bits per heavy atom. The number of rotatable bonds is 6. The van der Waals surface area contributed by atoms with Crippen LogP contribution >= 0.6 is 7.82 Å². The molecule has 0 radical (unpaired) electrons. The third kappa shape index (κ3) is 15.6. The van der Waals surface area contributed by atoms with E-state index in [0.29, 0.717) is 0 Å². The van der Waals surface area contributed by atoms with E-state index in [9.17, 15) is 19.1 Å². The molecule has 0 spiro atoms. The Bertz CT molecular complexity index is 234. The molecule has 0 aromatic heterocycles. The summed E-state index contributed by atoms with van der Waals surface area (Å²) >= 11 is 0. The molecule has 0 bridgehead atoms. The summed E-state index contributed by atoms with van der Waals surface area (Å²) in [5.74, 6) is 0. The summed E-state index contributed by atoms with van der Waals surface area (Å²) in [4.78, 5) is 29.8. The number of phosphoric ester groups is 1. The average Bonchev–Trinajstić information content (AvgIpc) is 2.10. The van der Waals surface area contributed by atoms with Crippen molar-refractivity contribution in [3.05, 3.63) is 0 Å². The van der Waals surface area contributed by atoms with Crippen LogP contribution in [0.25, 0.3) is 0 Å². The zero-order chi connectivity index (χ0) is 11.4. The van der Waals surface area contributed by atoms with Gasteiger partial charge in [-0.25, -0.2) is 0 Å². The minimum atomic E-state index is -5.24. The zero-order valence-electron chi connectivity index (χ0n) is 9.85. The molecule has 0 unspecified atom stereocenters. The van der Waals surface area contributed by atoms with Gasteiger partial charge in [-0.15, -0.1) is 0 Å². The normalized spacial score (nSPS) is 14.5. The van der Waals surface area contributed by atoms with Crippen molar-refractivity contribution in [2.75, 3.05) is 6.61 Å². The van der Waals surface area contributed by atoms with E-state index in [2.05, 4.69) is 4.52 Å². The second kappa shape index (κ2) is 15.0. The first kappa shape index (κ1) is 31.8. The summed E-state index contributed by atoms with van der Waals surface area (Å²) in [6, 6.07) is 0. The largest absolute Gasteiger partial charge is 1.00 e. The molecule has 18 heavy (non-hydrogen) atoms. The predicted molar refractivity (Wildman–Crippen MR) is 44.9 cm³/mol. The van der Waals surface area contributed by atoms with Crippen LogP contribution in [0.5, 0.6) is 0 Å². The van der Waals surface area contributed by atoms with Gasteiger partial charge in [-0.2, -0.15) is 0 Å². The molecular weight excluding hydrogens is 297 g/mol. The van der Waals surface area contributed by atoms with Gasteiger partial charge in [-0.05, 0) is 0 Å². The summed E-state index contributed by atoms with van der Waals surface area (Å²) in [7, 11) is -5.24. The molecule has 0 saturated heterocycles. The molecule has 0 aromatic carbocycles. The molecule has 0 saturated carbocycles. The zero-order valence-corrected chi connectivity index (χ0v) is 14.7. The first-order valence-electron chi connectivity index (χ1n) is 3.44. The van der Waals surface area contributed by atoms with Gasteiger partial charge < -0.3 is 49.9 Å². The Kier molecular flexibility index (Phi) is 26.5. The summed E-state index contributed by atoms with van der Waals surface area (Å²) in [5, 5.41) is 26.4. The average molecular weight is 310 g/mol. The monoisotopic (exact) mass is 310 g/mol. The van der Waals surface area contributed by atoms with E-state index in [0.717, 1.165) is 0 Å². The molecule has 10 nitrogen and oxygen atoms in total. The van der Waals surface area contributed by atoms with Crippen LogP contribution in [0.2, 0.25) is 0 Å². The van der Waals surface area contributed by atoms with Crippen LogP contribution in [0.4, 0.5) is 0 Å². The standard InChI is InChI=1S/C5H11O8P.2Na.2H2O/c6-1-3(7)5(9)4(8)2-13-14(10,11)12;;;;/h1,3-5,7-9H,2H2,(H2,10,11,12);;;2*1H2/q;2*+1;;/p-2/t3-,4+,5-;;;;/m0..../s1. The topological polar surface area (TPSA) is 213 Å². The van der Waals surface area contributed by atoms with Gasteiger partial charge >= 0.3 is 59.1 Å². The summed E-state index contributed by atoms with van der Waals surface area (Å²) in [6.07, 6.45) is -5.67. The van der Waals surface area contributed by atoms with Crippen LogP contribution in [-0.2, 0) is 13.9 Å². The Morgan fingerprint density at radius 3 is 1.83 bits per heavy atom. The van der Waals surface area contributed by atoms with E-state index in [-0.39, 0.29) is 76.4 Å². The van der Waals surface area contributed by atoms with Gasteiger partial charge in [0.25, 0.3) is 0 Å². The molecule has 0 rings (SSSR count). The molecule has 0 aromatic rings. The maximum absolute atomic E-state index is 9.92. The number of hydrogen-bond acceptors (Lipinski definition) is 8. The Hall–Kier alpha value is 1.58. The number of carbonyl (C=O) groups is 1. The van der Waals surface area contributed by atoms with Gasteiger partial charge in [0.05, 0.1) is 14.4 Å². The smallest absolute Gasteiger partial charge is 0.790 e. The van der Waals surface area contributed by atoms with Crippen LogP contribution < -0.4 is 68.9 Å². The van der Waals surface area contributed by atoms with Gasteiger partial charge in [-0.3, -0.25) is 0 Å². The van der Waals surface area contributed by atoms with Crippen molar-refractivity contribution in [1.82, 2.24) is 0 Å². The molecule has 100 valence electrons. The fraction of sp³-hybridized carbons (Fsp3) is 0.800. The van der Waals surface area contributed by atoms with E-state index >= 15 is 0 Å². The molecule has 3 atom stereocenters. The molecule has 0 aliphatic carbocycles. The Morgan fingerprint density at radius 1 is 1.17 bits per heavy atom. The van der Waals surface area contributed by atoms with Crippen LogP contribution in [0, 0.1) is 0 Å². The second-order valence-corrected chi connectivity index (χ2v) is 3.58. The third-order valence-electron chi connectivity index (χ3n) is 1.29. The third-order valence-corrected chi connectivity index (χ3v) is 1.75. The van der Waals surface area contributed by atoms with E-state index in [1.807, 2.05) is 0 Å². The molecule has 0 aliphatic heterocycles. The van der Waals surface area contributed by atoms with Gasteiger partial charge in [0.1, 0.15) is 18.3 Å². The van der Waals surface area contributed by atoms with Crippen LogP contribution in [0.15, 0.2) is 0 Å². The van der Waals surface area contributed by atoms with Crippen LogP contribution in [0.3, 0.4) is 0 Å². The van der Waals surface area contributed by atoms with Gasteiger partial charge in [0, 0.05) is 0 Å². The minimum absolute atomic E-state index is 0. The summed E-state index contributed by atoms with van der Waals surface area (Å²) < 4.78 is 13.5. The van der Waals surface area contributed by atoms with Gasteiger partial charge in [-0.1, -0.05) is 0 Å². The van der Waals surface area contributed by atoms with E-state index < -0.39 is 32.7 Å². The molecule has 0 aliphatic rings. The number of aliphatic hydroxyl groups excluding tert-OH is 3. The van der Waals surface area contributed by atoms with Crippen LogP contribution in [0.1, 0.15) is 0 Å². The number of aldehydes is 1. The van der Waals surface area contributed by atoms with Crippen molar-refractivity contribution in [2.45, 2.75) is 18.3 Å². The number of aliphatic hydroxyl groups is 3. The first-order valence-corrected chi connectivity index (χ1v) is 4.90. The fourth-order valence-electron chi connectivity index (χ4n) is 0.574. The number of carbonyl (C=O) groups excluding carboxylic acids is 1. The predicted octanol–water partition coefficient (Wildman–Crippen LogP) is -11.5. The molecular formula is C5H13Na2O10P. The van der Waals surface area contributed by atoms with E-state index in [1.165, 1.54) is 0 Å². The van der Waals surface area contributed by atoms with Crippen molar-refractivity contribution in [1.29, 1.82) is 0 Å². The maximum atomic E-state index is 9.92. The Balaban J connectivity index is -0.000000141. The first-order chi connectivity index (χ1) is 6.28. The van der Waals surface area contributed by atoms with Crippen molar-refractivity contribution in [3.63, 3.8) is 0 Å². The van der Waals surface area contributed by atoms with E-state index in [1.54, 1.807) is 0 Å². The second-order valence-electron chi connectivity index (χ2n) is 2.43. The molecule has 0 heterocycles. The van der Waals surface area contributed by atoms with Crippen molar-refractivity contribution < 1.29 is 109 Å². The summed E-state index contributed by atoms with van der Waals surface area (Å²) in [6.45, 7) is -1.02. The number of hydrogen-bond donors (Lipinski definition) is 3. The molecule has 7 N–H and O–H groups in total. The Labute approximate surface area is 147 Å². The van der Waals surface area contributed by atoms with Crippen molar-refractivity contribution >= 4 is 14.1 Å². The summed E-state index contributed by atoms with van der Waals surface area (Å²) in [5.41, 5.74) is 0. The van der Waals surface area contributed by atoms with Gasteiger partial charge in [0.15, 0.2) is 6.29 Å².